The Hall–Kier alpha value is -1.34. The molecular weight excluding hydrogens is 301 g/mol. The number of nitriles is 1. The predicted molar refractivity (Wildman–Crippen MR) is 77.7 cm³/mol. The van der Waals surface area contributed by atoms with Gasteiger partial charge in [-0.25, -0.2) is 0 Å². The van der Waals surface area contributed by atoms with Crippen molar-refractivity contribution in [1.29, 1.82) is 5.26 Å². The van der Waals surface area contributed by atoms with Crippen LogP contribution in [0.2, 0.25) is 10.0 Å². The first-order valence-electron chi connectivity index (χ1n) is 5.44. The molecule has 0 fully saturated rings. The van der Waals surface area contributed by atoms with Gasteiger partial charge in [0.2, 0.25) is 0 Å². The second-order valence-electron chi connectivity index (χ2n) is 3.81. The maximum atomic E-state index is 12.4. The minimum atomic E-state index is -1.38. The summed E-state index contributed by atoms with van der Waals surface area (Å²) >= 11 is 12.0. The third-order valence-electron chi connectivity index (χ3n) is 2.57. The van der Waals surface area contributed by atoms with Gasteiger partial charge in [0.05, 0.1) is 43.1 Å². The van der Waals surface area contributed by atoms with Crippen molar-refractivity contribution < 1.29 is 4.21 Å². The summed E-state index contributed by atoms with van der Waals surface area (Å²) in [6.45, 7) is 0. The van der Waals surface area contributed by atoms with Crippen molar-refractivity contribution in [3.05, 3.63) is 63.6 Å². The topological polar surface area (TPSA) is 40.9 Å². The van der Waals surface area contributed by atoms with Crippen molar-refractivity contribution >= 4 is 34.0 Å². The molecule has 0 spiro atoms. The maximum Gasteiger partial charge on any atom is 0.0994 e. The summed E-state index contributed by atoms with van der Waals surface area (Å²) in [7, 11) is -1.38. The Kier molecular flexibility index (Phi) is 4.60. The molecule has 0 bridgehead atoms. The van der Waals surface area contributed by atoms with Gasteiger partial charge in [0.1, 0.15) is 0 Å². The minimum Gasteiger partial charge on any atom is -0.254 e. The molecule has 0 saturated heterocycles. The van der Waals surface area contributed by atoms with Crippen LogP contribution < -0.4 is 0 Å². The smallest absolute Gasteiger partial charge is 0.0994 e. The lowest BCUT2D eigenvalue weighted by Crippen LogP contribution is -2.00. The molecule has 19 heavy (non-hydrogen) atoms. The molecule has 2 rings (SSSR count). The van der Waals surface area contributed by atoms with Crippen LogP contribution in [0.3, 0.4) is 0 Å². The summed E-state index contributed by atoms with van der Waals surface area (Å²) in [5.74, 6) is 0.215. The summed E-state index contributed by atoms with van der Waals surface area (Å²) in [5, 5.41) is 9.76. The first-order valence-corrected chi connectivity index (χ1v) is 7.51. The Morgan fingerprint density at radius 2 is 1.68 bits per heavy atom. The van der Waals surface area contributed by atoms with E-state index in [9.17, 15) is 4.21 Å². The number of nitrogens with zero attached hydrogens (tertiary/aromatic N) is 1. The zero-order valence-corrected chi connectivity index (χ0v) is 12.1. The molecular formula is C14H9Cl2NOS. The van der Waals surface area contributed by atoms with Crippen molar-refractivity contribution in [3.8, 4) is 6.07 Å². The molecule has 96 valence electrons. The van der Waals surface area contributed by atoms with Crippen LogP contribution in [0.25, 0.3) is 0 Å². The van der Waals surface area contributed by atoms with Gasteiger partial charge in [-0.05, 0) is 23.8 Å². The first-order chi connectivity index (χ1) is 9.13. The highest BCUT2D eigenvalue weighted by Crippen LogP contribution is 2.29. The molecule has 0 N–H and O–H groups in total. The fraction of sp³-hybridized carbons (Fsp3) is 0.0714. The Balaban J connectivity index is 2.35. The van der Waals surface area contributed by atoms with Crippen LogP contribution in [0.15, 0.2) is 47.4 Å². The van der Waals surface area contributed by atoms with E-state index in [1.54, 1.807) is 36.4 Å². The van der Waals surface area contributed by atoms with Crippen molar-refractivity contribution in [2.45, 2.75) is 10.6 Å². The van der Waals surface area contributed by atoms with Gasteiger partial charge in [-0.15, -0.1) is 0 Å². The summed E-state index contributed by atoms with van der Waals surface area (Å²) in [4.78, 5) is 0.415. The number of hydrogen-bond donors (Lipinski definition) is 0. The van der Waals surface area contributed by atoms with Gasteiger partial charge < -0.3 is 0 Å². The molecule has 2 aromatic carbocycles. The SMILES string of the molecule is N#Cc1ccccc1CS(=O)c1c(Cl)cccc1Cl. The van der Waals surface area contributed by atoms with Crippen LogP contribution in [0.4, 0.5) is 0 Å². The first kappa shape index (κ1) is 14.1. The summed E-state index contributed by atoms with van der Waals surface area (Å²) in [6.07, 6.45) is 0. The third kappa shape index (κ3) is 3.16. The van der Waals surface area contributed by atoms with Gasteiger partial charge in [-0.2, -0.15) is 5.26 Å². The Morgan fingerprint density at radius 3 is 2.32 bits per heavy atom. The van der Waals surface area contributed by atoms with E-state index < -0.39 is 10.8 Å². The van der Waals surface area contributed by atoms with Crippen molar-refractivity contribution in [2.75, 3.05) is 0 Å². The molecule has 0 heterocycles. The minimum absolute atomic E-state index is 0.215. The lowest BCUT2D eigenvalue weighted by atomic mass is 10.1. The number of benzene rings is 2. The molecule has 5 heteroatoms. The predicted octanol–water partition coefficient (Wildman–Crippen LogP) is 4.17. The highest BCUT2D eigenvalue weighted by molar-refractivity contribution is 7.84. The normalized spacial score (nSPS) is 11.8. The van der Waals surface area contributed by atoms with E-state index in [0.29, 0.717) is 20.5 Å². The van der Waals surface area contributed by atoms with Crippen molar-refractivity contribution in [3.63, 3.8) is 0 Å². The molecule has 2 aromatic rings. The van der Waals surface area contributed by atoms with Crippen molar-refractivity contribution in [2.24, 2.45) is 0 Å². The molecule has 1 unspecified atom stereocenters. The standard InChI is InChI=1S/C14H9Cl2NOS/c15-12-6-3-7-13(16)14(12)19(18)9-11-5-2-1-4-10(11)8-17/h1-7H,9H2. The molecule has 0 aliphatic heterocycles. The zero-order valence-electron chi connectivity index (χ0n) is 9.77. The molecule has 0 amide bonds. The van der Waals surface area contributed by atoms with Crippen LogP contribution in [0, 0.1) is 11.3 Å². The number of hydrogen-bond acceptors (Lipinski definition) is 2. The maximum absolute atomic E-state index is 12.4. The van der Waals surface area contributed by atoms with Gasteiger partial charge >= 0.3 is 0 Å². The lowest BCUT2D eigenvalue weighted by Gasteiger charge is -2.07. The highest BCUT2D eigenvalue weighted by Gasteiger charge is 2.14. The van der Waals surface area contributed by atoms with Gasteiger partial charge in [-0.1, -0.05) is 47.5 Å². The molecule has 0 aromatic heterocycles. The summed E-state index contributed by atoms with van der Waals surface area (Å²) in [6, 6.07) is 14.1. The van der Waals surface area contributed by atoms with E-state index in [4.69, 9.17) is 28.5 Å². The van der Waals surface area contributed by atoms with Gasteiger partial charge in [0.25, 0.3) is 0 Å². The van der Waals surface area contributed by atoms with Crippen molar-refractivity contribution in [1.82, 2.24) is 0 Å². The second kappa shape index (κ2) is 6.21. The van der Waals surface area contributed by atoms with Crippen LogP contribution in [-0.4, -0.2) is 4.21 Å². The van der Waals surface area contributed by atoms with E-state index >= 15 is 0 Å². The monoisotopic (exact) mass is 309 g/mol. The second-order valence-corrected chi connectivity index (χ2v) is 6.01. The fourth-order valence-electron chi connectivity index (χ4n) is 1.67. The number of rotatable bonds is 3. The van der Waals surface area contributed by atoms with E-state index in [2.05, 4.69) is 6.07 Å². The lowest BCUT2D eigenvalue weighted by molar-refractivity contribution is 0.682. The Bertz CT molecular complexity index is 659. The molecule has 1 atom stereocenters. The third-order valence-corrected chi connectivity index (χ3v) is 4.89. The molecule has 0 radical (unpaired) electrons. The van der Waals surface area contributed by atoms with Gasteiger partial charge in [0.15, 0.2) is 0 Å². The van der Waals surface area contributed by atoms with E-state index in [1.165, 1.54) is 0 Å². The molecule has 0 aliphatic carbocycles. The number of halogens is 2. The summed E-state index contributed by atoms with van der Waals surface area (Å²) < 4.78 is 12.4. The molecule has 0 saturated carbocycles. The van der Waals surface area contributed by atoms with Crippen LogP contribution >= 0.6 is 23.2 Å². The Labute approximate surface area is 124 Å². The quantitative estimate of drug-likeness (QED) is 0.853. The van der Waals surface area contributed by atoms with Crippen LogP contribution in [0.1, 0.15) is 11.1 Å². The fourth-order valence-corrected chi connectivity index (χ4v) is 3.83. The van der Waals surface area contributed by atoms with Crippen LogP contribution in [-0.2, 0) is 16.6 Å². The summed E-state index contributed by atoms with van der Waals surface area (Å²) in [5.41, 5.74) is 1.23. The van der Waals surface area contributed by atoms with E-state index in [-0.39, 0.29) is 5.75 Å². The Morgan fingerprint density at radius 1 is 1.05 bits per heavy atom. The van der Waals surface area contributed by atoms with Gasteiger partial charge in [-0.3, -0.25) is 4.21 Å². The van der Waals surface area contributed by atoms with Gasteiger partial charge in [0, 0.05) is 0 Å². The molecule has 2 nitrogen and oxygen atoms in total. The van der Waals surface area contributed by atoms with E-state index in [0.717, 1.165) is 5.56 Å². The van der Waals surface area contributed by atoms with Crippen LogP contribution in [0.5, 0.6) is 0 Å². The zero-order chi connectivity index (χ0) is 13.8. The largest absolute Gasteiger partial charge is 0.254 e. The average Bonchev–Trinajstić information content (AvgIpc) is 2.39. The molecule has 0 aliphatic rings. The van der Waals surface area contributed by atoms with E-state index in [1.807, 2.05) is 6.07 Å². The highest BCUT2D eigenvalue weighted by atomic mass is 35.5. The average molecular weight is 310 g/mol.